The molecule has 142 valence electrons. The fourth-order valence-electron chi connectivity index (χ4n) is 2.58. The second-order valence-electron chi connectivity index (χ2n) is 5.88. The Hall–Kier alpha value is -1.50. The topological polar surface area (TPSA) is 78.7 Å². The summed E-state index contributed by atoms with van der Waals surface area (Å²) in [5, 5.41) is 2.76. The van der Waals surface area contributed by atoms with Crippen LogP contribution in [0, 0.1) is 5.92 Å². The highest BCUT2D eigenvalue weighted by molar-refractivity contribution is 5.85. The van der Waals surface area contributed by atoms with E-state index in [1.807, 2.05) is 23.1 Å². The van der Waals surface area contributed by atoms with E-state index in [0.717, 1.165) is 26.2 Å². The van der Waals surface area contributed by atoms with Crippen molar-refractivity contribution in [1.82, 2.24) is 10.2 Å². The van der Waals surface area contributed by atoms with E-state index in [1.54, 1.807) is 6.92 Å². The zero-order chi connectivity index (χ0) is 16.7. The molecule has 0 radical (unpaired) electrons. The number of nitrogens with zero attached hydrogens (tertiary/aromatic N) is 2. The summed E-state index contributed by atoms with van der Waals surface area (Å²) in [7, 11) is 0. The Morgan fingerprint density at radius 1 is 1.12 bits per heavy atom. The Bertz CT molecular complexity index is 523. The maximum atomic E-state index is 12.2. The molecule has 0 spiro atoms. The smallest absolute Gasteiger partial charge is 0.224 e. The van der Waals surface area contributed by atoms with Crippen LogP contribution < -0.4 is 16.0 Å². The number of para-hydroxylation sites is 1. The molecule has 6 nitrogen and oxygen atoms in total. The third-order valence-corrected chi connectivity index (χ3v) is 4.19. The lowest BCUT2D eigenvalue weighted by molar-refractivity contribution is -0.131. The van der Waals surface area contributed by atoms with Crippen molar-refractivity contribution in [2.24, 2.45) is 11.7 Å². The zero-order valence-electron chi connectivity index (χ0n) is 14.5. The predicted octanol–water partition coefficient (Wildman–Crippen LogP) is 1.28. The number of hydrogen-bond donors (Lipinski definition) is 2. The largest absolute Gasteiger partial charge is 0.368 e. The Balaban J connectivity index is 0.00000288. The molecule has 8 heteroatoms. The van der Waals surface area contributed by atoms with E-state index in [-0.39, 0.29) is 42.5 Å². The summed E-state index contributed by atoms with van der Waals surface area (Å²) in [6, 6.07) is 10.2. The third kappa shape index (κ3) is 7.10. The first-order valence-corrected chi connectivity index (χ1v) is 8.17. The molecule has 2 rings (SSSR count). The molecule has 1 unspecified atom stereocenters. The molecular weight excluding hydrogens is 363 g/mol. The maximum Gasteiger partial charge on any atom is 0.224 e. The molecule has 1 fully saturated rings. The number of halogens is 2. The first-order chi connectivity index (χ1) is 11.1. The molecule has 1 atom stereocenters. The van der Waals surface area contributed by atoms with Gasteiger partial charge in [-0.2, -0.15) is 0 Å². The van der Waals surface area contributed by atoms with Crippen LogP contribution in [-0.2, 0) is 9.59 Å². The second kappa shape index (κ2) is 12.0. The van der Waals surface area contributed by atoms with Gasteiger partial charge in [0.15, 0.2) is 0 Å². The lowest BCUT2D eigenvalue weighted by atomic mass is 10.1. The number of nitrogens with one attached hydrogen (secondary N) is 1. The normalized spacial score (nSPS) is 14.8. The van der Waals surface area contributed by atoms with E-state index in [2.05, 4.69) is 22.3 Å². The molecule has 25 heavy (non-hydrogen) atoms. The number of piperazine rings is 1. The van der Waals surface area contributed by atoms with Crippen LogP contribution in [0.3, 0.4) is 0 Å². The van der Waals surface area contributed by atoms with Crippen LogP contribution in [-0.4, -0.2) is 56.0 Å². The minimum absolute atomic E-state index is 0. The molecule has 1 aromatic rings. The van der Waals surface area contributed by atoms with Crippen LogP contribution in [0.25, 0.3) is 0 Å². The van der Waals surface area contributed by atoms with Gasteiger partial charge in [0, 0.05) is 57.3 Å². The lowest BCUT2D eigenvalue weighted by Gasteiger charge is -2.36. The average Bonchev–Trinajstić information content (AvgIpc) is 2.61. The monoisotopic (exact) mass is 390 g/mol. The van der Waals surface area contributed by atoms with Gasteiger partial charge in [-0.05, 0) is 12.1 Å². The van der Waals surface area contributed by atoms with Crippen molar-refractivity contribution < 1.29 is 9.59 Å². The highest BCUT2D eigenvalue weighted by Gasteiger charge is 2.21. The molecule has 1 aliphatic heterocycles. The fraction of sp³-hybridized carbons (Fsp3) is 0.529. The van der Waals surface area contributed by atoms with Crippen molar-refractivity contribution in [3.63, 3.8) is 0 Å². The lowest BCUT2D eigenvalue weighted by Crippen LogP contribution is -2.49. The zero-order valence-corrected chi connectivity index (χ0v) is 16.2. The molecule has 0 aromatic heterocycles. The molecule has 1 aliphatic rings. The van der Waals surface area contributed by atoms with Crippen molar-refractivity contribution >= 4 is 42.3 Å². The molecule has 0 saturated carbocycles. The average molecular weight is 391 g/mol. The van der Waals surface area contributed by atoms with Gasteiger partial charge in [-0.3, -0.25) is 9.59 Å². The number of hydrogen-bond acceptors (Lipinski definition) is 4. The van der Waals surface area contributed by atoms with Crippen molar-refractivity contribution in [1.29, 1.82) is 0 Å². The van der Waals surface area contributed by atoms with E-state index in [1.165, 1.54) is 5.69 Å². The van der Waals surface area contributed by atoms with Crippen LogP contribution in [0.4, 0.5) is 5.69 Å². The van der Waals surface area contributed by atoms with Crippen molar-refractivity contribution in [3.8, 4) is 0 Å². The summed E-state index contributed by atoms with van der Waals surface area (Å²) in [6.07, 6.45) is 0.342. The highest BCUT2D eigenvalue weighted by atomic mass is 35.5. The van der Waals surface area contributed by atoms with E-state index in [0.29, 0.717) is 19.5 Å². The van der Waals surface area contributed by atoms with Crippen molar-refractivity contribution in [3.05, 3.63) is 30.3 Å². The van der Waals surface area contributed by atoms with E-state index < -0.39 is 0 Å². The summed E-state index contributed by atoms with van der Waals surface area (Å²) < 4.78 is 0. The number of rotatable bonds is 6. The van der Waals surface area contributed by atoms with Gasteiger partial charge in [0.2, 0.25) is 11.8 Å². The predicted molar refractivity (Wildman–Crippen MR) is 106 cm³/mol. The second-order valence-corrected chi connectivity index (χ2v) is 5.88. The molecular formula is C17H28Cl2N4O2. The van der Waals surface area contributed by atoms with E-state index in [9.17, 15) is 9.59 Å². The van der Waals surface area contributed by atoms with Gasteiger partial charge in [-0.25, -0.2) is 0 Å². The summed E-state index contributed by atoms with van der Waals surface area (Å²) >= 11 is 0. The van der Waals surface area contributed by atoms with Gasteiger partial charge in [-0.15, -0.1) is 24.8 Å². The van der Waals surface area contributed by atoms with Crippen LogP contribution in [0.5, 0.6) is 0 Å². The van der Waals surface area contributed by atoms with Crippen LogP contribution >= 0.6 is 24.8 Å². The molecule has 2 amide bonds. The highest BCUT2D eigenvalue weighted by Crippen LogP contribution is 2.15. The number of nitrogens with two attached hydrogens (primary N) is 1. The molecule has 0 aliphatic carbocycles. The number of anilines is 1. The number of benzene rings is 1. The first-order valence-electron chi connectivity index (χ1n) is 8.17. The fourth-order valence-corrected chi connectivity index (χ4v) is 2.58. The summed E-state index contributed by atoms with van der Waals surface area (Å²) in [5.41, 5.74) is 6.64. The van der Waals surface area contributed by atoms with Gasteiger partial charge in [-0.1, -0.05) is 25.1 Å². The molecule has 1 heterocycles. The Morgan fingerprint density at radius 2 is 1.72 bits per heavy atom. The number of carbonyl (C=O) groups excluding carboxylic acids is 2. The standard InChI is InChI=1S/C17H26N4O2.2ClH/c1-14(13-18)17(23)19-8-7-16(22)21-11-9-20(10-12-21)15-5-3-2-4-6-15;;/h2-6,14H,7-13,18H2,1H3,(H,19,23);2*1H. The minimum Gasteiger partial charge on any atom is -0.368 e. The van der Waals surface area contributed by atoms with Crippen molar-refractivity contribution in [2.75, 3.05) is 44.2 Å². The summed E-state index contributed by atoms with van der Waals surface area (Å²) in [5.74, 6) is -0.202. The summed E-state index contributed by atoms with van der Waals surface area (Å²) in [6.45, 7) is 5.60. The number of amides is 2. The van der Waals surface area contributed by atoms with Gasteiger partial charge in [0.25, 0.3) is 0 Å². The van der Waals surface area contributed by atoms with Gasteiger partial charge < -0.3 is 20.9 Å². The minimum atomic E-state index is -0.209. The van der Waals surface area contributed by atoms with Gasteiger partial charge in [0.05, 0.1) is 0 Å². The Kier molecular flexibility index (Phi) is 11.2. The molecule has 1 aromatic carbocycles. The van der Waals surface area contributed by atoms with Crippen LogP contribution in [0.15, 0.2) is 30.3 Å². The third-order valence-electron chi connectivity index (χ3n) is 4.19. The molecule has 0 bridgehead atoms. The van der Waals surface area contributed by atoms with Crippen molar-refractivity contribution in [2.45, 2.75) is 13.3 Å². The molecule has 3 N–H and O–H groups in total. The quantitative estimate of drug-likeness (QED) is 0.766. The molecule has 1 saturated heterocycles. The maximum absolute atomic E-state index is 12.2. The van der Waals surface area contributed by atoms with Gasteiger partial charge >= 0.3 is 0 Å². The van der Waals surface area contributed by atoms with Gasteiger partial charge in [0.1, 0.15) is 0 Å². The Labute approximate surface area is 161 Å². The van der Waals surface area contributed by atoms with Crippen LogP contribution in [0.1, 0.15) is 13.3 Å². The first kappa shape index (κ1) is 23.5. The van der Waals surface area contributed by atoms with E-state index in [4.69, 9.17) is 5.73 Å². The van der Waals surface area contributed by atoms with Crippen LogP contribution in [0.2, 0.25) is 0 Å². The summed E-state index contributed by atoms with van der Waals surface area (Å²) in [4.78, 5) is 28.0. The number of carbonyl (C=O) groups is 2. The SMILES string of the molecule is CC(CN)C(=O)NCCC(=O)N1CCN(c2ccccc2)CC1.Cl.Cl. The Morgan fingerprint density at radius 3 is 2.28 bits per heavy atom. The van der Waals surface area contributed by atoms with E-state index >= 15 is 0 Å².